The third-order valence-electron chi connectivity index (χ3n) is 9.99. The Kier molecular flexibility index (Phi) is 37.7. The first-order valence-electron chi connectivity index (χ1n) is 21.8. The Morgan fingerprint density at radius 1 is 0.481 bits per heavy atom. The summed E-state index contributed by atoms with van der Waals surface area (Å²) in [6, 6.07) is 0. The van der Waals surface area contributed by atoms with Crippen LogP contribution in [-0.2, 0) is 19.1 Å². The average molecular weight is 737 g/mol. The van der Waals surface area contributed by atoms with Crippen molar-refractivity contribution < 1.29 is 29.3 Å². The maximum Gasteiger partial charge on any atom is 0.306 e. The van der Waals surface area contributed by atoms with E-state index < -0.39 is 36.2 Å². The number of carbonyl (C=O) groups is 2. The second-order valence-corrected chi connectivity index (χ2v) is 14.9. The van der Waals surface area contributed by atoms with Gasteiger partial charge in [-0.15, -0.1) is 0 Å². The van der Waals surface area contributed by atoms with E-state index in [1.807, 2.05) is 0 Å². The lowest BCUT2D eigenvalue weighted by molar-refractivity contribution is -0.176. The van der Waals surface area contributed by atoms with E-state index in [-0.39, 0.29) is 38.9 Å². The fraction of sp³-hybridized carbons (Fsp3) is 0.864. The standard InChI is InChI=1S/C44H84N2O6/c1-3-5-7-9-11-13-15-17-19-21-23-25-27-29-31-33-40(49)51-42(39(35-37-47)36-38-48)43(44(45)46)52-41(50)34-32-30-28-26-24-22-20-18-16-14-12-10-8-6-4-2/h17-20,39,42-44,47-48H,3-16,21-38,45-46H2,1-2H3/b19-17-,20-18-. The van der Waals surface area contributed by atoms with Gasteiger partial charge in [-0.3, -0.25) is 9.59 Å². The highest BCUT2D eigenvalue weighted by molar-refractivity contribution is 5.70. The number of hydrogen-bond acceptors (Lipinski definition) is 8. The molecule has 8 heteroatoms. The van der Waals surface area contributed by atoms with E-state index in [0.717, 1.165) is 64.2 Å². The van der Waals surface area contributed by atoms with Crippen LogP contribution in [0.15, 0.2) is 24.3 Å². The number of unbranched alkanes of at least 4 members (excludes halogenated alkanes) is 22. The number of aliphatic hydroxyl groups excluding tert-OH is 2. The predicted octanol–water partition coefficient (Wildman–Crippen LogP) is 10.5. The Balaban J connectivity index is 4.49. The first-order valence-corrected chi connectivity index (χ1v) is 21.8. The molecular weight excluding hydrogens is 652 g/mol. The normalized spacial score (nSPS) is 13.2. The maximum atomic E-state index is 13.0. The van der Waals surface area contributed by atoms with Crippen molar-refractivity contribution in [3.8, 4) is 0 Å². The second-order valence-electron chi connectivity index (χ2n) is 14.9. The summed E-state index contributed by atoms with van der Waals surface area (Å²) in [6.07, 6.45) is 37.7. The molecule has 0 spiro atoms. The van der Waals surface area contributed by atoms with Crippen LogP contribution in [0.5, 0.6) is 0 Å². The number of nitrogens with two attached hydrogens (primary N) is 2. The van der Waals surface area contributed by atoms with Crippen molar-refractivity contribution in [1.29, 1.82) is 0 Å². The van der Waals surface area contributed by atoms with Crippen LogP contribution < -0.4 is 11.5 Å². The van der Waals surface area contributed by atoms with Gasteiger partial charge in [-0.05, 0) is 77.0 Å². The summed E-state index contributed by atoms with van der Waals surface area (Å²) in [5.41, 5.74) is 12.2. The molecule has 52 heavy (non-hydrogen) atoms. The van der Waals surface area contributed by atoms with Crippen molar-refractivity contribution in [3.05, 3.63) is 24.3 Å². The van der Waals surface area contributed by atoms with E-state index in [4.69, 9.17) is 20.9 Å². The van der Waals surface area contributed by atoms with Crippen LogP contribution in [0.4, 0.5) is 0 Å². The fourth-order valence-electron chi connectivity index (χ4n) is 6.70. The Labute approximate surface area is 320 Å². The molecule has 0 aliphatic carbocycles. The molecule has 0 aromatic carbocycles. The first kappa shape index (κ1) is 50.3. The Morgan fingerprint density at radius 2 is 0.788 bits per heavy atom. The van der Waals surface area contributed by atoms with Gasteiger partial charge in [0, 0.05) is 32.0 Å². The van der Waals surface area contributed by atoms with Crippen molar-refractivity contribution in [1.82, 2.24) is 0 Å². The molecule has 0 fully saturated rings. The van der Waals surface area contributed by atoms with E-state index in [9.17, 15) is 19.8 Å². The molecule has 8 nitrogen and oxygen atoms in total. The van der Waals surface area contributed by atoms with Crippen LogP contribution in [0.2, 0.25) is 0 Å². The van der Waals surface area contributed by atoms with Crippen molar-refractivity contribution in [3.63, 3.8) is 0 Å². The smallest absolute Gasteiger partial charge is 0.306 e. The van der Waals surface area contributed by atoms with Crippen LogP contribution >= 0.6 is 0 Å². The molecule has 306 valence electrons. The molecular formula is C44H84N2O6. The lowest BCUT2D eigenvalue weighted by atomic mass is 9.90. The molecule has 0 radical (unpaired) electrons. The molecule has 6 N–H and O–H groups in total. The lowest BCUT2D eigenvalue weighted by Gasteiger charge is -2.34. The van der Waals surface area contributed by atoms with Gasteiger partial charge in [0.1, 0.15) is 6.10 Å². The van der Waals surface area contributed by atoms with Crippen molar-refractivity contribution >= 4 is 11.9 Å². The van der Waals surface area contributed by atoms with Crippen LogP contribution in [-0.4, -0.2) is 53.7 Å². The van der Waals surface area contributed by atoms with E-state index in [1.54, 1.807) is 0 Å². The Hall–Kier alpha value is -1.74. The number of aliphatic hydroxyl groups is 2. The monoisotopic (exact) mass is 737 g/mol. The largest absolute Gasteiger partial charge is 0.458 e. The van der Waals surface area contributed by atoms with E-state index in [2.05, 4.69) is 38.2 Å². The van der Waals surface area contributed by atoms with Crippen LogP contribution in [0, 0.1) is 5.92 Å². The van der Waals surface area contributed by atoms with Crippen LogP contribution in [0.3, 0.4) is 0 Å². The summed E-state index contributed by atoms with van der Waals surface area (Å²) >= 11 is 0. The molecule has 0 aliphatic heterocycles. The van der Waals surface area contributed by atoms with Gasteiger partial charge in [0.15, 0.2) is 6.10 Å². The minimum atomic E-state index is -1.07. The van der Waals surface area contributed by atoms with E-state index in [1.165, 1.54) is 89.9 Å². The Morgan fingerprint density at radius 3 is 1.12 bits per heavy atom. The van der Waals surface area contributed by atoms with Crippen LogP contribution in [0.1, 0.15) is 206 Å². The predicted molar refractivity (Wildman–Crippen MR) is 218 cm³/mol. The topological polar surface area (TPSA) is 145 Å². The zero-order valence-corrected chi connectivity index (χ0v) is 33.9. The molecule has 0 aromatic rings. The zero-order chi connectivity index (χ0) is 38.3. The highest BCUT2D eigenvalue weighted by Gasteiger charge is 2.37. The molecule has 0 heterocycles. The number of ether oxygens (including phenoxy) is 2. The SMILES string of the molecule is CCCCCCCC/C=C\CCCCCCCC(=O)OC(C(N)N)C(OC(=O)CCCCCCC/C=C\CCCCCCCC)C(CCO)CCO. The maximum absolute atomic E-state index is 13.0. The summed E-state index contributed by atoms with van der Waals surface area (Å²) in [4.78, 5) is 25.8. The quantitative estimate of drug-likeness (QED) is 0.0211. The molecule has 2 atom stereocenters. The minimum Gasteiger partial charge on any atom is -0.458 e. The van der Waals surface area contributed by atoms with Gasteiger partial charge in [0.25, 0.3) is 0 Å². The molecule has 0 aliphatic rings. The summed E-state index contributed by atoms with van der Waals surface area (Å²) in [5, 5.41) is 19.4. The molecule has 0 saturated heterocycles. The molecule has 0 bridgehead atoms. The lowest BCUT2D eigenvalue weighted by Crippen LogP contribution is -2.55. The number of hydrogen-bond donors (Lipinski definition) is 4. The van der Waals surface area contributed by atoms with Crippen LogP contribution in [0.25, 0.3) is 0 Å². The van der Waals surface area contributed by atoms with Gasteiger partial charge in [0.05, 0.1) is 6.17 Å². The molecule has 2 unspecified atom stereocenters. The van der Waals surface area contributed by atoms with Gasteiger partial charge in [0.2, 0.25) is 0 Å². The highest BCUT2D eigenvalue weighted by atomic mass is 16.6. The fourth-order valence-corrected chi connectivity index (χ4v) is 6.70. The van der Waals surface area contributed by atoms with Gasteiger partial charge in [-0.2, -0.15) is 0 Å². The third-order valence-corrected chi connectivity index (χ3v) is 9.99. The molecule has 0 amide bonds. The molecule has 0 saturated carbocycles. The van der Waals surface area contributed by atoms with E-state index in [0.29, 0.717) is 12.8 Å². The molecule has 0 aromatic heterocycles. The number of allylic oxidation sites excluding steroid dienone is 4. The summed E-state index contributed by atoms with van der Waals surface area (Å²) in [6.45, 7) is 4.17. The van der Waals surface area contributed by atoms with Crippen molar-refractivity contribution in [2.24, 2.45) is 17.4 Å². The summed E-state index contributed by atoms with van der Waals surface area (Å²) in [5.74, 6) is -1.27. The summed E-state index contributed by atoms with van der Waals surface area (Å²) < 4.78 is 11.6. The third kappa shape index (κ3) is 31.8. The number of rotatable bonds is 39. The number of esters is 2. The van der Waals surface area contributed by atoms with Crippen molar-refractivity contribution in [2.45, 2.75) is 225 Å². The van der Waals surface area contributed by atoms with Gasteiger partial charge >= 0.3 is 11.9 Å². The summed E-state index contributed by atoms with van der Waals surface area (Å²) in [7, 11) is 0. The van der Waals surface area contributed by atoms with Gasteiger partial charge in [-0.25, -0.2) is 0 Å². The second kappa shape index (κ2) is 39.0. The average Bonchev–Trinajstić information content (AvgIpc) is 3.12. The zero-order valence-electron chi connectivity index (χ0n) is 33.9. The van der Waals surface area contributed by atoms with Gasteiger partial charge < -0.3 is 31.2 Å². The highest BCUT2D eigenvalue weighted by Crippen LogP contribution is 2.24. The Bertz CT molecular complexity index is 843. The van der Waals surface area contributed by atoms with E-state index >= 15 is 0 Å². The number of carbonyl (C=O) groups excluding carboxylic acids is 2. The van der Waals surface area contributed by atoms with Gasteiger partial charge in [-0.1, -0.05) is 141 Å². The first-order chi connectivity index (χ1) is 25.4. The minimum absolute atomic E-state index is 0.164. The van der Waals surface area contributed by atoms with Crippen molar-refractivity contribution in [2.75, 3.05) is 13.2 Å². The molecule has 0 rings (SSSR count).